The quantitative estimate of drug-likeness (QED) is 0.825. The first kappa shape index (κ1) is 17.1. The van der Waals surface area contributed by atoms with Crippen molar-refractivity contribution in [3.05, 3.63) is 33.3 Å². The maximum atomic E-state index is 12.6. The molecule has 0 unspecified atom stereocenters. The van der Waals surface area contributed by atoms with Crippen molar-refractivity contribution < 1.29 is 9.32 Å². The molecule has 140 valence electrons. The molecule has 1 saturated heterocycles. The van der Waals surface area contributed by atoms with E-state index in [-0.39, 0.29) is 17.5 Å². The molecule has 0 atom stereocenters. The number of nitrogens with zero attached hydrogens (tertiary/aromatic N) is 5. The zero-order valence-corrected chi connectivity index (χ0v) is 15.6. The molecule has 0 bridgehead atoms. The van der Waals surface area contributed by atoms with Crippen LogP contribution in [-0.4, -0.2) is 43.4 Å². The third-order valence-corrected chi connectivity index (χ3v) is 5.62. The summed E-state index contributed by atoms with van der Waals surface area (Å²) in [5.74, 6) is 1.97. The Morgan fingerprint density at radius 2 is 1.88 bits per heavy atom. The van der Waals surface area contributed by atoms with E-state index in [9.17, 15) is 9.59 Å². The van der Waals surface area contributed by atoms with E-state index in [0.29, 0.717) is 31.3 Å². The van der Waals surface area contributed by atoms with Crippen LogP contribution in [0.2, 0.25) is 0 Å². The Morgan fingerprint density at radius 3 is 2.46 bits per heavy atom. The summed E-state index contributed by atoms with van der Waals surface area (Å²) in [6.07, 6.45) is 4.15. The summed E-state index contributed by atoms with van der Waals surface area (Å²) in [4.78, 5) is 26.9. The van der Waals surface area contributed by atoms with Crippen molar-refractivity contribution >= 4 is 5.91 Å². The van der Waals surface area contributed by atoms with E-state index in [1.807, 2.05) is 23.3 Å². The Morgan fingerprint density at radius 1 is 1.19 bits per heavy atom. The van der Waals surface area contributed by atoms with Gasteiger partial charge in [-0.2, -0.15) is 5.10 Å². The summed E-state index contributed by atoms with van der Waals surface area (Å²) in [5, 5.41) is 8.41. The number of amides is 1. The van der Waals surface area contributed by atoms with E-state index in [1.165, 1.54) is 4.68 Å². The second-order valence-electron chi connectivity index (χ2n) is 7.50. The number of hydrogen-bond donors (Lipinski definition) is 0. The van der Waals surface area contributed by atoms with E-state index in [1.54, 1.807) is 7.05 Å². The molecule has 2 aromatic rings. The summed E-state index contributed by atoms with van der Waals surface area (Å²) < 4.78 is 8.48. The smallest absolute Gasteiger partial charge is 0.345 e. The van der Waals surface area contributed by atoms with Gasteiger partial charge < -0.3 is 9.42 Å². The molecule has 0 N–H and O–H groups in total. The number of carbonyl (C=O) groups is 1. The van der Waals surface area contributed by atoms with Gasteiger partial charge in [0.25, 0.3) is 0 Å². The minimum absolute atomic E-state index is 0.0144. The Bertz CT molecular complexity index is 862. The minimum Gasteiger partial charge on any atom is -0.361 e. The number of aryl methyl sites for hydroxylation is 3. The number of hydrogen-bond acceptors (Lipinski definition) is 5. The number of piperidine rings is 1. The first-order valence-corrected chi connectivity index (χ1v) is 9.30. The number of carbonyl (C=O) groups excluding carboxylic acids is 1. The SMILES string of the molecule is Cc1noc(C)c1CC(=O)N1CCC(c2nn(C)c(=O)n2C2CC2)CC1. The van der Waals surface area contributed by atoms with Crippen molar-refractivity contribution in [2.75, 3.05) is 13.1 Å². The normalized spacial score (nSPS) is 18.5. The number of likely N-dealkylation sites (tertiary alicyclic amines) is 1. The van der Waals surface area contributed by atoms with Gasteiger partial charge in [0.05, 0.1) is 12.1 Å². The molecule has 3 heterocycles. The molecule has 0 aromatic carbocycles. The van der Waals surface area contributed by atoms with Crippen molar-refractivity contribution in [2.24, 2.45) is 7.05 Å². The molecule has 0 spiro atoms. The van der Waals surface area contributed by atoms with Crippen LogP contribution < -0.4 is 5.69 Å². The summed E-state index contributed by atoms with van der Waals surface area (Å²) in [6.45, 7) is 5.10. The topological polar surface area (TPSA) is 86.2 Å². The Hall–Kier alpha value is -2.38. The van der Waals surface area contributed by atoms with E-state index in [0.717, 1.165) is 42.8 Å². The lowest BCUT2D eigenvalue weighted by atomic mass is 9.95. The molecule has 1 amide bonds. The van der Waals surface area contributed by atoms with Gasteiger partial charge in [0.15, 0.2) is 0 Å². The van der Waals surface area contributed by atoms with Crippen LogP contribution in [0.1, 0.15) is 60.5 Å². The summed E-state index contributed by atoms with van der Waals surface area (Å²) >= 11 is 0. The van der Waals surface area contributed by atoms with Gasteiger partial charge in [-0.3, -0.25) is 9.36 Å². The molecule has 8 nitrogen and oxygen atoms in total. The van der Waals surface area contributed by atoms with Crippen molar-refractivity contribution in [2.45, 2.75) is 57.9 Å². The minimum atomic E-state index is -0.0144. The molecule has 1 saturated carbocycles. The lowest BCUT2D eigenvalue weighted by Crippen LogP contribution is -2.39. The second-order valence-corrected chi connectivity index (χ2v) is 7.50. The zero-order valence-electron chi connectivity index (χ0n) is 15.6. The molecular formula is C18H25N5O3. The van der Waals surface area contributed by atoms with Crippen LogP contribution in [0.4, 0.5) is 0 Å². The van der Waals surface area contributed by atoms with Crippen molar-refractivity contribution in [1.29, 1.82) is 0 Å². The number of aromatic nitrogens is 4. The Kier molecular flexibility index (Phi) is 4.20. The molecule has 8 heteroatoms. The highest BCUT2D eigenvalue weighted by molar-refractivity contribution is 5.79. The van der Waals surface area contributed by atoms with E-state index in [4.69, 9.17) is 4.52 Å². The van der Waals surface area contributed by atoms with Crippen LogP contribution in [0, 0.1) is 13.8 Å². The number of rotatable bonds is 4. The van der Waals surface area contributed by atoms with Crippen LogP contribution in [0.15, 0.2) is 9.32 Å². The van der Waals surface area contributed by atoms with Crippen LogP contribution >= 0.6 is 0 Å². The van der Waals surface area contributed by atoms with E-state index < -0.39 is 0 Å². The average molecular weight is 359 g/mol. The predicted octanol–water partition coefficient (Wildman–Crippen LogP) is 1.47. The lowest BCUT2D eigenvalue weighted by molar-refractivity contribution is -0.131. The fourth-order valence-electron chi connectivity index (χ4n) is 3.86. The van der Waals surface area contributed by atoms with Crippen molar-refractivity contribution in [1.82, 2.24) is 24.4 Å². The van der Waals surface area contributed by atoms with Gasteiger partial charge in [0.2, 0.25) is 5.91 Å². The fraction of sp³-hybridized carbons (Fsp3) is 0.667. The predicted molar refractivity (Wildman–Crippen MR) is 94.0 cm³/mol. The monoisotopic (exact) mass is 359 g/mol. The molecule has 0 radical (unpaired) electrons. The standard InChI is InChI=1S/C18H25N5O3/c1-11-15(12(2)26-20-11)10-16(24)22-8-6-13(7-9-22)17-19-21(3)18(25)23(17)14-4-5-14/h13-14H,4-10H2,1-3H3. The van der Waals surface area contributed by atoms with Crippen molar-refractivity contribution in [3.8, 4) is 0 Å². The molecule has 1 aliphatic heterocycles. The second kappa shape index (κ2) is 6.41. The molecule has 4 rings (SSSR count). The first-order valence-electron chi connectivity index (χ1n) is 9.30. The van der Waals surface area contributed by atoms with Crippen LogP contribution in [0.5, 0.6) is 0 Å². The molecule has 1 aliphatic carbocycles. The van der Waals surface area contributed by atoms with Crippen LogP contribution in [0.3, 0.4) is 0 Å². The largest absolute Gasteiger partial charge is 0.361 e. The molecular weight excluding hydrogens is 334 g/mol. The summed E-state index contributed by atoms with van der Waals surface area (Å²) in [7, 11) is 1.72. The first-order chi connectivity index (χ1) is 12.5. The summed E-state index contributed by atoms with van der Waals surface area (Å²) in [6, 6.07) is 0.324. The Labute approximate surface area is 151 Å². The van der Waals surface area contributed by atoms with Gasteiger partial charge in [-0.05, 0) is 39.5 Å². The van der Waals surface area contributed by atoms with E-state index in [2.05, 4.69) is 10.3 Å². The highest BCUT2D eigenvalue weighted by Gasteiger charge is 2.34. The van der Waals surface area contributed by atoms with Crippen molar-refractivity contribution in [3.63, 3.8) is 0 Å². The van der Waals surface area contributed by atoms with Crippen LogP contribution in [0.25, 0.3) is 0 Å². The maximum Gasteiger partial charge on any atom is 0.345 e. The molecule has 2 fully saturated rings. The van der Waals surface area contributed by atoms with Gasteiger partial charge in [-0.1, -0.05) is 5.16 Å². The van der Waals surface area contributed by atoms with Gasteiger partial charge in [-0.15, -0.1) is 0 Å². The lowest BCUT2D eigenvalue weighted by Gasteiger charge is -2.31. The van der Waals surface area contributed by atoms with Gasteiger partial charge in [0, 0.05) is 37.7 Å². The maximum absolute atomic E-state index is 12.6. The fourth-order valence-corrected chi connectivity index (χ4v) is 3.86. The van der Waals surface area contributed by atoms with Gasteiger partial charge >= 0.3 is 5.69 Å². The molecule has 2 aliphatic rings. The Balaban J connectivity index is 1.42. The molecule has 26 heavy (non-hydrogen) atoms. The zero-order chi connectivity index (χ0) is 18.4. The van der Waals surface area contributed by atoms with Crippen LogP contribution in [-0.2, 0) is 18.3 Å². The van der Waals surface area contributed by atoms with E-state index >= 15 is 0 Å². The highest BCUT2D eigenvalue weighted by Crippen LogP contribution is 2.37. The third kappa shape index (κ3) is 2.97. The average Bonchev–Trinajstić information content (AvgIpc) is 3.37. The highest BCUT2D eigenvalue weighted by atomic mass is 16.5. The summed E-state index contributed by atoms with van der Waals surface area (Å²) in [5.41, 5.74) is 1.66. The molecule has 2 aromatic heterocycles. The third-order valence-electron chi connectivity index (χ3n) is 5.62. The van der Waals surface area contributed by atoms with Gasteiger partial charge in [-0.25, -0.2) is 9.48 Å². The van der Waals surface area contributed by atoms with Gasteiger partial charge in [0.1, 0.15) is 11.6 Å².